The van der Waals surface area contributed by atoms with Crippen molar-refractivity contribution in [1.29, 1.82) is 0 Å². The van der Waals surface area contributed by atoms with Crippen LogP contribution in [0.5, 0.6) is 0 Å². The van der Waals surface area contributed by atoms with Gasteiger partial charge in [0.25, 0.3) is 0 Å². The van der Waals surface area contributed by atoms with Gasteiger partial charge in [0.1, 0.15) is 0 Å². The second kappa shape index (κ2) is 5.87. The molecule has 0 amide bonds. The number of esters is 1. The molecule has 0 radical (unpaired) electrons. The first-order chi connectivity index (χ1) is 8.00. The molecule has 96 valence electrons. The second-order valence-corrected chi connectivity index (χ2v) is 4.63. The number of carbonyl (C=O) groups is 1. The van der Waals surface area contributed by atoms with Gasteiger partial charge in [0.15, 0.2) is 0 Å². The van der Waals surface area contributed by atoms with Crippen LogP contribution in [0.3, 0.4) is 0 Å². The Labute approximate surface area is 103 Å². The third kappa shape index (κ3) is 3.89. The van der Waals surface area contributed by atoms with Crippen LogP contribution >= 0.6 is 0 Å². The quantitative estimate of drug-likeness (QED) is 0.769. The van der Waals surface area contributed by atoms with Gasteiger partial charge in [-0.15, -0.1) is 0 Å². The maximum absolute atomic E-state index is 11.3. The summed E-state index contributed by atoms with van der Waals surface area (Å²) in [6.07, 6.45) is 3.29. The number of nitrogens with one attached hydrogen (secondary N) is 1. The first-order valence-electron chi connectivity index (χ1n) is 5.93. The molecule has 17 heavy (non-hydrogen) atoms. The van der Waals surface area contributed by atoms with Crippen molar-refractivity contribution in [3.8, 4) is 0 Å². The fourth-order valence-corrected chi connectivity index (χ4v) is 1.69. The zero-order chi connectivity index (χ0) is 12.9. The third-order valence-corrected chi connectivity index (χ3v) is 3.29. The Morgan fingerprint density at radius 1 is 1.59 bits per heavy atom. The van der Waals surface area contributed by atoms with Gasteiger partial charge in [-0.25, -0.2) is 0 Å². The molecule has 1 aromatic rings. The van der Waals surface area contributed by atoms with Crippen LogP contribution in [-0.4, -0.2) is 23.2 Å². The molecular formula is C13H22N2O2. The molecule has 4 nitrogen and oxygen atoms in total. The van der Waals surface area contributed by atoms with Gasteiger partial charge >= 0.3 is 5.97 Å². The Morgan fingerprint density at radius 2 is 2.29 bits per heavy atom. The molecule has 1 atom stereocenters. The lowest BCUT2D eigenvalue weighted by Gasteiger charge is -2.28. The highest BCUT2D eigenvalue weighted by Crippen LogP contribution is 2.16. The van der Waals surface area contributed by atoms with Crippen molar-refractivity contribution >= 4 is 5.97 Å². The van der Waals surface area contributed by atoms with E-state index in [2.05, 4.69) is 22.9 Å². The molecule has 0 spiro atoms. The van der Waals surface area contributed by atoms with Crippen LogP contribution in [0.15, 0.2) is 18.3 Å². The Balaban J connectivity index is 2.57. The molecule has 1 aromatic heterocycles. The summed E-state index contributed by atoms with van der Waals surface area (Å²) in [5, 5.41) is 3.43. The zero-order valence-corrected chi connectivity index (χ0v) is 11.1. The first kappa shape index (κ1) is 13.8. The summed E-state index contributed by atoms with van der Waals surface area (Å²) < 4.78 is 6.80. The third-order valence-electron chi connectivity index (χ3n) is 3.29. The predicted octanol–water partition coefficient (Wildman–Crippen LogP) is 1.85. The average Bonchev–Trinajstić information content (AvgIpc) is 2.72. The van der Waals surface area contributed by atoms with Crippen molar-refractivity contribution in [1.82, 2.24) is 9.88 Å². The Hall–Kier alpha value is -1.29. The number of hydrogen-bond donors (Lipinski definition) is 1. The van der Waals surface area contributed by atoms with Gasteiger partial charge < -0.3 is 14.6 Å². The fraction of sp³-hybridized carbons (Fsp3) is 0.615. The van der Waals surface area contributed by atoms with E-state index in [1.165, 1.54) is 12.8 Å². The molecule has 1 heterocycles. The van der Waals surface area contributed by atoms with E-state index in [0.29, 0.717) is 6.42 Å². The highest BCUT2D eigenvalue weighted by atomic mass is 16.5. The Bertz CT molecular complexity index is 373. The lowest BCUT2D eigenvalue weighted by Crippen LogP contribution is -2.43. The second-order valence-electron chi connectivity index (χ2n) is 4.63. The molecule has 0 aliphatic heterocycles. The summed E-state index contributed by atoms with van der Waals surface area (Å²) in [6, 6.07) is 4.09. The maximum atomic E-state index is 11.3. The van der Waals surface area contributed by atoms with Crippen molar-refractivity contribution < 1.29 is 9.53 Å². The molecule has 0 saturated carbocycles. The summed E-state index contributed by atoms with van der Waals surface area (Å²) >= 11 is 0. The van der Waals surface area contributed by atoms with Crippen molar-refractivity contribution in [3.05, 3.63) is 24.0 Å². The molecule has 0 aliphatic carbocycles. The van der Waals surface area contributed by atoms with E-state index in [4.69, 9.17) is 4.74 Å². The standard InChI is InChI=1S/C13H22N2O2/c1-5-13(2,9-12(16)17-4)14-10-11-7-6-8-15(11)3/h6-8,14H,5,9-10H2,1-4H3. The largest absolute Gasteiger partial charge is 0.469 e. The van der Waals surface area contributed by atoms with E-state index in [-0.39, 0.29) is 11.5 Å². The van der Waals surface area contributed by atoms with Gasteiger partial charge in [0.2, 0.25) is 0 Å². The van der Waals surface area contributed by atoms with E-state index in [1.54, 1.807) is 0 Å². The lowest BCUT2D eigenvalue weighted by molar-refractivity contribution is -0.142. The molecule has 0 aromatic carbocycles. The Morgan fingerprint density at radius 3 is 2.76 bits per heavy atom. The minimum absolute atomic E-state index is 0.172. The van der Waals surface area contributed by atoms with Crippen LogP contribution in [0.2, 0.25) is 0 Å². The molecular weight excluding hydrogens is 216 g/mol. The smallest absolute Gasteiger partial charge is 0.307 e. The number of rotatable bonds is 6. The number of aryl methyl sites for hydroxylation is 1. The van der Waals surface area contributed by atoms with E-state index < -0.39 is 0 Å². The summed E-state index contributed by atoms with van der Waals surface area (Å²) in [4.78, 5) is 11.3. The number of nitrogens with zero attached hydrogens (tertiary/aromatic N) is 1. The monoisotopic (exact) mass is 238 g/mol. The van der Waals surface area contributed by atoms with Gasteiger partial charge in [-0.1, -0.05) is 6.92 Å². The number of hydrogen-bond acceptors (Lipinski definition) is 3. The minimum atomic E-state index is -0.211. The van der Waals surface area contributed by atoms with E-state index in [0.717, 1.165) is 13.0 Å². The van der Waals surface area contributed by atoms with Crippen LogP contribution in [0.25, 0.3) is 0 Å². The molecule has 0 saturated heterocycles. The number of aromatic nitrogens is 1. The zero-order valence-electron chi connectivity index (χ0n) is 11.1. The van der Waals surface area contributed by atoms with Crippen LogP contribution in [-0.2, 0) is 23.1 Å². The van der Waals surface area contributed by atoms with Crippen molar-refractivity contribution in [2.45, 2.75) is 38.8 Å². The summed E-state index contributed by atoms with van der Waals surface area (Å²) in [5.41, 5.74) is 0.992. The van der Waals surface area contributed by atoms with Gasteiger partial charge in [0.05, 0.1) is 13.5 Å². The van der Waals surface area contributed by atoms with Crippen LogP contribution in [0.4, 0.5) is 0 Å². The lowest BCUT2D eigenvalue weighted by atomic mass is 9.94. The normalized spacial score (nSPS) is 14.4. The highest BCUT2D eigenvalue weighted by molar-refractivity contribution is 5.70. The SMILES string of the molecule is CCC(C)(CC(=O)OC)NCc1cccn1C. The van der Waals surface area contributed by atoms with Crippen LogP contribution in [0.1, 0.15) is 32.4 Å². The molecule has 0 aliphatic rings. The van der Waals surface area contributed by atoms with Crippen LogP contribution < -0.4 is 5.32 Å². The van der Waals surface area contributed by atoms with Crippen LogP contribution in [0, 0.1) is 0 Å². The van der Waals surface area contributed by atoms with Gasteiger partial charge in [-0.2, -0.15) is 0 Å². The van der Waals surface area contributed by atoms with Crippen molar-refractivity contribution in [2.24, 2.45) is 7.05 Å². The predicted molar refractivity (Wildman–Crippen MR) is 67.6 cm³/mol. The molecule has 1 unspecified atom stereocenters. The fourth-order valence-electron chi connectivity index (χ4n) is 1.69. The molecule has 4 heteroatoms. The summed E-state index contributed by atoms with van der Waals surface area (Å²) in [5.74, 6) is -0.172. The van der Waals surface area contributed by atoms with Crippen molar-refractivity contribution in [3.63, 3.8) is 0 Å². The molecule has 0 bridgehead atoms. The van der Waals surface area contributed by atoms with Gasteiger partial charge in [-0.3, -0.25) is 4.79 Å². The number of ether oxygens (including phenoxy) is 1. The summed E-state index contributed by atoms with van der Waals surface area (Å²) in [6.45, 7) is 4.87. The number of methoxy groups -OCH3 is 1. The average molecular weight is 238 g/mol. The van der Waals surface area contributed by atoms with Gasteiger partial charge in [-0.05, 0) is 25.5 Å². The van der Waals surface area contributed by atoms with Crippen molar-refractivity contribution in [2.75, 3.05) is 7.11 Å². The van der Waals surface area contributed by atoms with Gasteiger partial charge in [0, 0.05) is 31.0 Å². The first-order valence-corrected chi connectivity index (χ1v) is 5.93. The topological polar surface area (TPSA) is 43.3 Å². The number of carbonyl (C=O) groups excluding carboxylic acids is 1. The van der Waals surface area contributed by atoms with E-state index in [9.17, 15) is 4.79 Å². The van der Waals surface area contributed by atoms with E-state index >= 15 is 0 Å². The maximum Gasteiger partial charge on any atom is 0.307 e. The molecule has 1 rings (SSSR count). The minimum Gasteiger partial charge on any atom is -0.469 e. The molecule has 1 N–H and O–H groups in total. The van der Waals surface area contributed by atoms with E-state index in [1.807, 2.05) is 26.2 Å². The highest BCUT2D eigenvalue weighted by Gasteiger charge is 2.25. The summed E-state index contributed by atoms with van der Waals surface area (Å²) in [7, 11) is 3.44. The Kier molecular flexibility index (Phi) is 4.75. The molecule has 0 fully saturated rings.